The van der Waals surface area contributed by atoms with Crippen LogP contribution in [0.3, 0.4) is 0 Å². The Morgan fingerprint density at radius 1 is 1.32 bits per heavy atom. The summed E-state index contributed by atoms with van der Waals surface area (Å²) in [7, 11) is 0. The molecule has 1 aromatic rings. The molecule has 1 atom stereocenters. The van der Waals surface area contributed by atoms with Gasteiger partial charge in [-0.2, -0.15) is 0 Å². The Hall–Kier alpha value is -1.85. The maximum atomic E-state index is 11.6. The second-order valence-corrected chi connectivity index (χ2v) is 7.16. The lowest BCUT2D eigenvalue weighted by atomic mass is 9.89. The number of allylic oxidation sites excluding steroid dienone is 2. The van der Waals surface area contributed by atoms with E-state index in [2.05, 4.69) is 31.1 Å². The van der Waals surface area contributed by atoms with E-state index >= 15 is 0 Å². The van der Waals surface area contributed by atoms with Crippen molar-refractivity contribution >= 4 is 12.4 Å². The molecule has 140 valence electrons. The van der Waals surface area contributed by atoms with Crippen LogP contribution in [0.4, 0.5) is 0 Å². The number of nitrogens with one attached hydrogen (secondary N) is 2. The number of rotatable bonds is 9. The third-order valence-electron chi connectivity index (χ3n) is 3.79. The van der Waals surface area contributed by atoms with Gasteiger partial charge in [0.25, 0.3) is 0 Å². The van der Waals surface area contributed by atoms with E-state index in [1.54, 1.807) is 0 Å². The van der Waals surface area contributed by atoms with Gasteiger partial charge in [0.15, 0.2) is 6.29 Å². The Labute approximate surface area is 151 Å². The monoisotopic (exact) mass is 348 g/mol. The fraction of sp³-hybridized carbons (Fsp3) is 0.550. The first kappa shape index (κ1) is 21.2. The maximum absolute atomic E-state index is 11.6. The third kappa shape index (κ3) is 6.52. The third-order valence-corrected chi connectivity index (χ3v) is 3.79. The Kier molecular flexibility index (Phi) is 8.13. The predicted molar refractivity (Wildman–Crippen MR) is 103 cm³/mol. The summed E-state index contributed by atoms with van der Waals surface area (Å²) >= 11 is 0. The SMILES string of the molecule is C/C=C\COCOC(C)N/C(C)=C/c1c(C)[nH]c(C(C)(C)C)c1C=O. The van der Waals surface area contributed by atoms with Crippen molar-refractivity contribution in [2.75, 3.05) is 13.4 Å². The van der Waals surface area contributed by atoms with Crippen LogP contribution in [-0.4, -0.2) is 30.9 Å². The van der Waals surface area contributed by atoms with E-state index < -0.39 is 0 Å². The quantitative estimate of drug-likeness (QED) is 0.302. The van der Waals surface area contributed by atoms with Crippen LogP contribution in [0.5, 0.6) is 0 Å². The standard InChI is InChI=1S/C20H32N2O3/c1-8-9-10-24-13-25-16(4)21-14(2)11-17-15(3)22-19(18(17)12-23)20(5,6)7/h8-9,11-12,16,21-22H,10,13H2,1-7H3/b9-8-,14-11+. The minimum Gasteiger partial charge on any atom is -0.364 e. The second-order valence-electron chi connectivity index (χ2n) is 7.16. The lowest BCUT2D eigenvalue weighted by molar-refractivity contribution is -0.0829. The lowest BCUT2D eigenvalue weighted by Gasteiger charge is -2.18. The van der Waals surface area contributed by atoms with Crippen LogP contribution in [0.25, 0.3) is 6.08 Å². The Morgan fingerprint density at radius 2 is 2.00 bits per heavy atom. The van der Waals surface area contributed by atoms with Gasteiger partial charge in [-0.15, -0.1) is 0 Å². The molecule has 0 fully saturated rings. The summed E-state index contributed by atoms with van der Waals surface area (Å²) in [5.41, 5.74) is 4.38. The van der Waals surface area contributed by atoms with E-state index in [4.69, 9.17) is 9.47 Å². The summed E-state index contributed by atoms with van der Waals surface area (Å²) in [6.07, 6.45) is 6.57. The zero-order valence-electron chi connectivity index (χ0n) is 16.5. The molecule has 0 aliphatic rings. The van der Waals surface area contributed by atoms with E-state index in [1.807, 2.05) is 45.9 Å². The van der Waals surface area contributed by atoms with Crippen LogP contribution >= 0.6 is 0 Å². The average Bonchev–Trinajstić information content (AvgIpc) is 2.83. The van der Waals surface area contributed by atoms with Crippen molar-refractivity contribution in [3.8, 4) is 0 Å². The average molecular weight is 348 g/mol. The summed E-state index contributed by atoms with van der Waals surface area (Å²) in [5, 5.41) is 3.26. The van der Waals surface area contributed by atoms with Gasteiger partial charge in [-0.1, -0.05) is 32.9 Å². The molecule has 1 heterocycles. The summed E-state index contributed by atoms with van der Waals surface area (Å²) < 4.78 is 10.9. The number of hydrogen-bond acceptors (Lipinski definition) is 4. The molecule has 5 nitrogen and oxygen atoms in total. The van der Waals surface area contributed by atoms with Crippen molar-refractivity contribution in [1.82, 2.24) is 10.3 Å². The molecule has 2 N–H and O–H groups in total. The number of carbonyl (C=O) groups excluding carboxylic acids is 1. The normalized spacial score (nSPS) is 14.1. The van der Waals surface area contributed by atoms with Gasteiger partial charge in [-0.25, -0.2) is 0 Å². The van der Waals surface area contributed by atoms with Gasteiger partial charge in [0.05, 0.1) is 6.61 Å². The zero-order valence-corrected chi connectivity index (χ0v) is 16.5. The summed E-state index contributed by atoms with van der Waals surface area (Å²) in [4.78, 5) is 15.0. The number of aromatic nitrogens is 1. The highest BCUT2D eigenvalue weighted by molar-refractivity contribution is 5.85. The van der Waals surface area contributed by atoms with Crippen LogP contribution in [0, 0.1) is 6.92 Å². The molecular weight excluding hydrogens is 316 g/mol. The molecule has 1 rings (SSSR count). The van der Waals surface area contributed by atoms with Crippen molar-refractivity contribution < 1.29 is 14.3 Å². The highest BCUT2D eigenvalue weighted by Crippen LogP contribution is 2.29. The minimum atomic E-state index is -0.192. The van der Waals surface area contributed by atoms with Crippen molar-refractivity contribution in [2.24, 2.45) is 0 Å². The maximum Gasteiger partial charge on any atom is 0.152 e. The lowest BCUT2D eigenvalue weighted by Crippen LogP contribution is -2.28. The number of carbonyl (C=O) groups is 1. The largest absolute Gasteiger partial charge is 0.364 e. The predicted octanol–water partition coefficient (Wildman–Crippen LogP) is 4.30. The summed E-state index contributed by atoms with van der Waals surface area (Å²) in [5.74, 6) is 0. The minimum absolute atomic E-state index is 0.116. The molecule has 1 unspecified atom stereocenters. The number of aromatic amines is 1. The Bertz CT molecular complexity index is 622. The fourth-order valence-corrected chi connectivity index (χ4v) is 2.54. The van der Waals surface area contributed by atoms with Crippen molar-refractivity contribution in [3.63, 3.8) is 0 Å². The van der Waals surface area contributed by atoms with Crippen LogP contribution < -0.4 is 5.32 Å². The van der Waals surface area contributed by atoms with Gasteiger partial charge in [0.1, 0.15) is 13.0 Å². The number of ether oxygens (including phenoxy) is 2. The second kappa shape index (κ2) is 9.59. The van der Waals surface area contributed by atoms with E-state index in [0.29, 0.717) is 6.61 Å². The van der Waals surface area contributed by atoms with E-state index in [9.17, 15) is 4.79 Å². The molecule has 0 saturated heterocycles. The Balaban J connectivity index is 2.79. The van der Waals surface area contributed by atoms with Gasteiger partial charge in [0, 0.05) is 33.6 Å². The first-order valence-corrected chi connectivity index (χ1v) is 8.64. The molecule has 0 aliphatic carbocycles. The number of aryl methyl sites for hydroxylation is 1. The molecule has 0 aliphatic heterocycles. The van der Waals surface area contributed by atoms with Crippen molar-refractivity contribution in [1.29, 1.82) is 0 Å². The highest BCUT2D eigenvalue weighted by Gasteiger charge is 2.23. The molecule has 25 heavy (non-hydrogen) atoms. The smallest absolute Gasteiger partial charge is 0.152 e. The summed E-state index contributed by atoms with van der Waals surface area (Å²) in [6, 6.07) is 0. The van der Waals surface area contributed by atoms with E-state index in [0.717, 1.165) is 34.5 Å². The van der Waals surface area contributed by atoms with Gasteiger partial charge < -0.3 is 19.8 Å². The molecule has 1 aromatic heterocycles. The van der Waals surface area contributed by atoms with Crippen LogP contribution in [-0.2, 0) is 14.9 Å². The topological polar surface area (TPSA) is 63.4 Å². The number of H-pyrrole nitrogens is 1. The van der Waals surface area contributed by atoms with Crippen LogP contribution in [0.1, 0.15) is 68.9 Å². The first-order valence-electron chi connectivity index (χ1n) is 8.64. The zero-order chi connectivity index (χ0) is 19.0. The molecule has 0 aromatic carbocycles. The molecule has 0 saturated carbocycles. The molecule has 0 bridgehead atoms. The van der Waals surface area contributed by atoms with E-state index in [-0.39, 0.29) is 18.4 Å². The van der Waals surface area contributed by atoms with Gasteiger partial charge in [0.2, 0.25) is 0 Å². The molecule has 5 heteroatoms. The van der Waals surface area contributed by atoms with Crippen molar-refractivity contribution in [3.05, 3.63) is 40.4 Å². The van der Waals surface area contributed by atoms with Crippen molar-refractivity contribution in [2.45, 2.75) is 60.1 Å². The van der Waals surface area contributed by atoms with E-state index in [1.165, 1.54) is 0 Å². The van der Waals surface area contributed by atoms with Gasteiger partial charge in [-0.05, 0) is 33.8 Å². The number of hydrogen-bond donors (Lipinski definition) is 2. The fourth-order valence-electron chi connectivity index (χ4n) is 2.54. The van der Waals surface area contributed by atoms with Gasteiger partial charge >= 0.3 is 0 Å². The van der Waals surface area contributed by atoms with Gasteiger partial charge in [-0.3, -0.25) is 4.79 Å². The molecule has 0 spiro atoms. The number of aldehydes is 1. The molecule has 0 amide bonds. The van der Waals surface area contributed by atoms with Crippen LogP contribution in [0.15, 0.2) is 17.8 Å². The Morgan fingerprint density at radius 3 is 2.56 bits per heavy atom. The molecule has 0 radical (unpaired) electrons. The molecular formula is C20H32N2O3. The first-order chi connectivity index (χ1) is 11.7. The highest BCUT2D eigenvalue weighted by atomic mass is 16.7. The van der Waals surface area contributed by atoms with Crippen LogP contribution in [0.2, 0.25) is 0 Å². The summed E-state index contributed by atoms with van der Waals surface area (Å²) in [6.45, 7) is 14.8.